The van der Waals surface area contributed by atoms with Crippen LogP contribution in [0.15, 0.2) is 42.1 Å². The van der Waals surface area contributed by atoms with Gasteiger partial charge in [0.1, 0.15) is 23.4 Å². The largest absolute Gasteiger partial charge is 0.490 e. The molecule has 3 rings (SSSR count). The first-order chi connectivity index (χ1) is 16.0. The van der Waals surface area contributed by atoms with Crippen LogP contribution in [0.5, 0.6) is 0 Å². The number of amidine groups is 1. The van der Waals surface area contributed by atoms with Crippen LogP contribution in [0.1, 0.15) is 0 Å². The van der Waals surface area contributed by atoms with E-state index in [1.54, 1.807) is 0 Å². The molecule has 1 fully saturated rings. The van der Waals surface area contributed by atoms with Gasteiger partial charge in [0.25, 0.3) is 0 Å². The van der Waals surface area contributed by atoms with Crippen molar-refractivity contribution < 1.29 is 60.6 Å². The number of hydrogen-bond acceptors (Lipinski definition) is 13. The van der Waals surface area contributed by atoms with E-state index in [0.29, 0.717) is 0 Å². The molecule has 0 bridgehead atoms. The number of aromatic nitrogens is 3. The van der Waals surface area contributed by atoms with E-state index in [-0.39, 0.29) is 11.7 Å². The number of phosphoric ester groups is 1. The van der Waals surface area contributed by atoms with Crippen molar-refractivity contribution in [3.63, 3.8) is 0 Å². The molecule has 0 aromatic carbocycles. The number of halogens is 1. The summed E-state index contributed by atoms with van der Waals surface area (Å²) in [4.78, 5) is 41.3. The van der Waals surface area contributed by atoms with Gasteiger partial charge in [-0.2, -0.15) is 8.62 Å². The number of rotatable bonds is 10. The van der Waals surface area contributed by atoms with Crippen LogP contribution in [0, 0.1) is 0 Å². The highest BCUT2D eigenvalue weighted by molar-refractivity contribution is 7.66. The molecule has 2 aliphatic heterocycles. The zero-order valence-corrected chi connectivity index (χ0v) is 20.0. The molecular weight excluding hydrogens is 544 g/mol. The highest BCUT2D eigenvalue weighted by Crippen LogP contribution is 2.66. The van der Waals surface area contributed by atoms with Crippen LogP contribution in [0.3, 0.4) is 0 Å². The number of aliphatic imine (C=N–C) groups is 1. The van der Waals surface area contributed by atoms with Crippen LogP contribution in [-0.2, 0) is 38.1 Å². The molecule has 2 unspecified atom stereocenters. The minimum absolute atomic E-state index is 0.0572. The van der Waals surface area contributed by atoms with Crippen molar-refractivity contribution in [2.45, 2.75) is 30.6 Å². The van der Waals surface area contributed by atoms with Crippen molar-refractivity contribution in [3.8, 4) is 0 Å². The molecule has 2 aliphatic rings. The first kappa shape index (κ1) is 27.7. The van der Waals surface area contributed by atoms with Crippen molar-refractivity contribution in [1.29, 1.82) is 0 Å². The van der Waals surface area contributed by atoms with Crippen LogP contribution < -0.4 is 5.73 Å². The summed E-state index contributed by atoms with van der Waals surface area (Å²) in [6, 6.07) is 0. The number of phosphoric acid groups is 3. The van der Waals surface area contributed by atoms with Crippen LogP contribution in [0.25, 0.3) is 0 Å². The second-order valence-electron chi connectivity index (χ2n) is 7.10. The molecule has 0 aliphatic carbocycles. The van der Waals surface area contributed by atoms with Gasteiger partial charge >= 0.3 is 23.5 Å². The van der Waals surface area contributed by atoms with Crippen LogP contribution in [0.2, 0.25) is 0 Å². The minimum atomic E-state index is -5.81. The highest BCUT2D eigenvalue weighted by atomic mass is 31.3. The lowest BCUT2D eigenvalue weighted by molar-refractivity contribution is -0.141. The van der Waals surface area contributed by atoms with E-state index < -0.39 is 60.7 Å². The standard InChI is InChI=1S/C13H20FN6O12P3/c1-8-17-9(15)2-4-20(8)12-10(14)11(21)13(30-12,6-19-5-3-16-18-19)7-29-34(25,26)32-35(27,28)31-33(22,23)24/h2-5,10-12,21H,1,6-7H2,(H2,15,17)(H,25,26)(H,27,28)(H2,22,23,24)/t10-,11+,12-,13-/m1/s1. The van der Waals surface area contributed by atoms with Gasteiger partial charge in [-0.05, 0) is 6.08 Å². The van der Waals surface area contributed by atoms with Gasteiger partial charge in [-0.15, -0.1) is 5.10 Å². The van der Waals surface area contributed by atoms with Crippen molar-refractivity contribution in [1.82, 2.24) is 19.9 Å². The molecule has 22 heteroatoms. The zero-order valence-electron chi connectivity index (χ0n) is 17.3. The lowest BCUT2D eigenvalue weighted by atomic mass is 9.96. The monoisotopic (exact) mass is 564 g/mol. The van der Waals surface area contributed by atoms with Crippen molar-refractivity contribution in [2.75, 3.05) is 6.61 Å². The Morgan fingerprint density at radius 2 is 1.91 bits per heavy atom. The fraction of sp³-hybridized carbons (Fsp3) is 0.462. The van der Waals surface area contributed by atoms with Gasteiger partial charge < -0.3 is 40.1 Å². The fourth-order valence-electron chi connectivity index (χ4n) is 3.13. The number of hydrogen-bond donors (Lipinski definition) is 6. The van der Waals surface area contributed by atoms with Gasteiger partial charge in [-0.25, -0.2) is 27.8 Å². The van der Waals surface area contributed by atoms with E-state index in [9.17, 15) is 28.6 Å². The smallest absolute Gasteiger partial charge is 0.387 e. The Bertz CT molecular complexity index is 1160. The van der Waals surface area contributed by atoms with Crippen LogP contribution in [0.4, 0.5) is 4.39 Å². The quantitative estimate of drug-likeness (QED) is 0.188. The molecular formula is C13H20FN6O12P3. The SMILES string of the molecule is C=C1N=C(N)C=CN1[C@@H]1O[C@@](COP(=O)(O)OP(=O)(O)OP(=O)(O)O)(Cn2ccnn2)[C@@H](O)[C@H]1F. The van der Waals surface area contributed by atoms with E-state index in [1.165, 1.54) is 24.7 Å². The first-order valence-corrected chi connectivity index (χ1v) is 13.7. The highest BCUT2D eigenvalue weighted by Gasteiger charge is 2.59. The number of ether oxygens (including phenoxy) is 1. The van der Waals surface area contributed by atoms with Gasteiger partial charge in [0, 0.05) is 12.4 Å². The average Bonchev–Trinajstić information content (AvgIpc) is 3.27. The normalized spacial score (nSPS) is 30.7. The molecule has 0 amide bonds. The van der Waals surface area contributed by atoms with E-state index in [1.807, 2.05) is 0 Å². The van der Waals surface area contributed by atoms with Gasteiger partial charge in [0.15, 0.2) is 12.4 Å². The summed E-state index contributed by atoms with van der Waals surface area (Å²) < 4.78 is 68.4. The Hall–Kier alpha value is -1.85. The number of aliphatic hydroxyl groups excluding tert-OH is 1. The van der Waals surface area contributed by atoms with E-state index in [0.717, 1.165) is 9.58 Å². The number of nitrogens with two attached hydrogens (primary N) is 1. The second-order valence-corrected chi connectivity index (χ2v) is 11.5. The average molecular weight is 564 g/mol. The molecule has 7 N–H and O–H groups in total. The van der Waals surface area contributed by atoms with Crippen molar-refractivity contribution in [3.05, 3.63) is 37.1 Å². The lowest BCUT2D eigenvalue weighted by Gasteiger charge is -2.33. The molecule has 6 atom stereocenters. The summed E-state index contributed by atoms with van der Waals surface area (Å²) in [5, 5.41) is 17.9. The molecule has 196 valence electrons. The first-order valence-electron chi connectivity index (χ1n) is 9.15. The molecule has 0 saturated carbocycles. The zero-order chi connectivity index (χ0) is 26.2. The Morgan fingerprint density at radius 3 is 2.49 bits per heavy atom. The molecule has 18 nitrogen and oxygen atoms in total. The van der Waals surface area contributed by atoms with Gasteiger partial charge in [0.05, 0.1) is 19.3 Å². The molecule has 1 saturated heterocycles. The van der Waals surface area contributed by atoms with Crippen molar-refractivity contribution in [2.24, 2.45) is 10.7 Å². The molecule has 1 aromatic heterocycles. The molecule has 0 spiro atoms. The second kappa shape index (κ2) is 9.89. The van der Waals surface area contributed by atoms with Gasteiger partial charge in [-0.3, -0.25) is 4.52 Å². The van der Waals surface area contributed by atoms with Crippen LogP contribution >= 0.6 is 23.5 Å². The molecule has 1 aromatic rings. The fourth-order valence-corrected chi connectivity index (χ4v) is 6.21. The van der Waals surface area contributed by atoms with Gasteiger partial charge in [-0.1, -0.05) is 11.8 Å². The predicted molar refractivity (Wildman–Crippen MR) is 110 cm³/mol. The molecule has 3 heterocycles. The maximum Gasteiger partial charge on any atom is 0.490 e. The summed E-state index contributed by atoms with van der Waals surface area (Å²) in [6.45, 7) is 1.93. The number of nitrogens with zero attached hydrogens (tertiary/aromatic N) is 5. The predicted octanol–water partition coefficient (Wildman–Crippen LogP) is -0.927. The third-order valence-corrected chi connectivity index (χ3v) is 8.28. The van der Waals surface area contributed by atoms with Gasteiger partial charge in [0.2, 0.25) is 0 Å². The summed E-state index contributed by atoms with van der Waals surface area (Å²) in [6.07, 6.45) is -0.781. The third-order valence-electron chi connectivity index (χ3n) is 4.49. The van der Waals surface area contributed by atoms with E-state index >= 15 is 4.39 Å². The maximum atomic E-state index is 15.2. The van der Waals surface area contributed by atoms with E-state index in [4.69, 9.17) is 20.3 Å². The summed E-state index contributed by atoms with van der Waals surface area (Å²) in [7, 11) is -17.1. The number of alkyl halides is 1. The Labute approximate surface area is 195 Å². The summed E-state index contributed by atoms with van der Waals surface area (Å²) >= 11 is 0. The Kier molecular flexibility index (Phi) is 7.84. The Morgan fingerprint density at radius 1 is 1.23 bits per heavy atom. The molecule has 35 heavy (non-hydrogen) atoms. The Balaban J connectivity index is 1.84. The topological polar surface area (TPSA) is 262 Å². The summed E-state index contributed by atoms with van der Waals surface area (Å²) in [5.41, 5.74) is 3.36. The van der Waals surface area contributed by atoms with E-state index in [2.05, 4.69) is 35.0 Å². The van der Waals surface area contributed by atoms with Crippen molar-refractivity contribution >= 4 is 29.3 Å². The lowest BCUT2D eigenvalue weighted by Crippen LogP contribution is -2.49. The van der Waals surface area contributed by atoms with Crippen LogP contribution in [-0.4, -0.2) is 81.1 Å². The molecule has 0 radical (unpaired) electrons. The third kappa shape index (κ3) is 6.89. The summed E-state index contributed by atoms with van der Waals surface area (Å²) in [5.74, 6) is -0.00367. The number of aliphatic hydroxyl groups is 1. The minimum Gasteiger partial charge on any atom is -0.387 e. The maximum absolute atomic E-state index is 15.2.